The number of carbonyl (C=O) groups excluding carboxylic acids is 1. The molecule has 0 saturated heterocycles. The lowest BCUT2D eigenvalue weighted by atomic mass is 9.89. The Morgan fingerprint density at radius 3 is 2.47 bits per heavy atom. The van der Waals surface area contributed by atoms with Crippen LogP contribution < -0.4 is 0 Å². The lowest BCUT2D eigenvalue weighted by Gasteiger charge is -2.31. The molecule has 0 radical (unpaired) electrons. The van der Waals surface area contributed by atoms with Crippen LogP contribution in [-0.4, -0.2) is 11.6 Å². The van der Waals surface area contributed by atoms with Crippen LogP contribution in [0.3, 0.4) is 0 Å². The van der Waals surface area contributed by atoms with E-state index in [1.54, 1.807) is 0 Å². The van der Waals surface area contributed by atoms with E-state index in [9.17, 15) is 4.79 Å². The zero-order chi connectivity index (χ0) is 11.2. The van der Waals surface area contributed by atoms with Crippen LogP contribution in [0.15, 0.2) is 12.1 Å². The van der Waals surface area contributed by atoms with E-state index in [-0.39, 0.29) is 11.6 Å². The molecule has 0 fully saturated rings. The molecule has 2 nitrogen and oxygen atoms in total. The first kappa shape index (κ1) is 10.2. The molecule has 0 aliphatic carbocycles. The standard InChI is InChI=1S/C13H16O2/c1-8-5-10-7-13(3,4)15-12(14)11(10)6-9(8)2/h5-6H,7H2,1-4H3. The topological polar surface area (TPSA) is 26.3 Å². The molecule has 2 rings (SSSR count). The third kappa shape index (κ3) is 1.76. The predicted octanol–water partition coefficient (Wildman–Crippen LogP) is 2.79. The Bertz CT molecular complexity index is 430. The Labute approximate surface area is 90.3 Å². The number of ether oxygens (including phenoxy) is 1. The summed E-state index contributed by atoms with van der Waals surface area (Å²) in [6.07, 6.45) is 0.801. The highest BCUT2D eigenvalue weighted by Gasteiger charge is 2.32. The van der Waals surface area contributed by atoms with Crippen LogP contribution in [0.1, 0.15) is 40.9 Å². The minimum Gasteiger partial charge on any atom is -0.456 e. The third-order valence-electron chi connectivity index (χ3n) is 2.92. The van der Waals surface area contributed by atoms with Crippen molar-refractivity contribution in [3.8, 4) is 0 Å². The van der Waals surface area contributed by atoms with E-state index in [2.05, 4.69) is 13.0 Å². The van der Waals surface area contributed by atoms with Gasteiger partial charge in [0.1, 0.15) is 5.60 Å². The first-order valence-electron chi connectivity index (χ1n) is 5.22. The fourth-order valence-electron chi connectivity index (χ4n) is 2.01. The van der Waals surface area contributed by atoms with Gasteiger partial charge in [-0.1, -0.05) is 6.07 Å². The summed E-state index contributed by atoms with van der Waals surface area (Å²) in [5.74, 6) is -0.190. The molecular formula is C13H16O2. The molecule has 0 amide bonds. The fraction of sp³-hybridized carbons (Fsp3) is 0.462. The van der Waals surface area contributed by atoms with E-state index in [1.807, 2.05) is 26.8 Å². The highest BCUT2D eigenvalue weighted by molar-refractivity contribution is 5.92. The second-order valence-corrected chi connectivity index (χ2v) is 4.92. The van der Waals surface area contributed by atoms with Gasteiger partial charge in [0, 0.05) is 6.42 Å². The molecule has 15 heavy (non-hydrogen) atoms. The van der Waals surface area contributed by atoms with Gasteiger partial charge in [0.15, 0.2) is 0 Å². The number of carbonyl (C=O) groups is 1. The number of benzene rings is 1. The average Bonchev–Trinajstić information content (AvgIpc) is 2.07. The maximum atomic E-state index is 11.7. The SMILES string of the molecule is Cc1cc2c(cc1C)C(=O)OC(C)(C)C2. The Kier molecular flexibility index (Phi) is 2.10. The van der Waals surface area contributed by atoms with Crippen molar-refractivity contribution in [1.82, 2.24) is 0 Å². The van der Waals surface area contributed by atoms with Gasteiger partial charge < -0.3 is 4.74 Å². The highest BCUT2D eigenvalue weighted by Crippen LogP contribution is 2.29. The van der Waals surface area contributed by atoms with Crippen molar-refractivity contribution in [2.24, 2.45) is 0 Å². The zero-order valence-corrected chi connectivity index (χ0v) is 9.68. The summed E-state index contributed by atoms with van der Waals surface area (Å²) in [6.45, 7) is 7.98. The molecule has 1 heterocycles. The fourth-order valence-corrected chi connectivity index (χ4v) is 2.01. The highest BCUT2D eigenvalue weighted by atomic mass is 16.6. The maximum Gasteiger partial charge on any atom is 0.338 e. The van der Waals surface area contributed by atoms with E-state index in [0.29, 0.717) is 0 Å². The molecule has 1 aromatic carbocycles. The van der Waals surface area contributed by atoms with E-state index < -0.39 is 0 Å². The summed E-state index contributed by atoms with van der Waals surface area (Å²) < 4.78 is 5.36. The lowest BCUT2D eigenvalue weighted by Crippen LogP contribution is -2.36. The Morgan fingerprint density at radius 1 is 1.20 bits per heavy atom. The first-order valence-corrected chi connectivity index (χ1v) is 5.22. The van der Waals surface area contributed by atoms with Gasteiger partial charge in [0.25, 0.3) is 0 Å². The molecule has 1 aromatic rings. The van der Waals surface area contributed by atoms with Gasteiger partial charge in [0.05, 0.1) is 5.56 Å². The lowest BCUT2D eigenvalue weighted by molar-refractivity contribution is -0.00649. The second-order valence-electron chi connectivity index (χ2n) is 4.92. The molecule has 2 heteroatoms. The number of hydrogen-bond acceptors (Lipinski definition) is 2. The molecule has 1 aliphatic rings. The first-order chi connectivity index (χ1) is 6.89. The third-order valence-corrected chi connectivity index (χ3v) is 2.92. The second kappa shape index (κ2) is 3.09. The van der Waals surface area contributed by atoms with E-state index >= 15 is 0 Å². The van der Waals surface area contributed by atoms with Crippen molar-refractivity contribution in [2.45, 2.75) is 39.7 Å². The number of esters is 1. The van der Waals surface area contributed by atoms with Gasteiger partial charge in [-0.25, -0.2) is 4.79 Å². The number of cyclic esters (lactones) is 1. The van der Waals surface area contributed by atoms with Gasteiger partial charge in [-0.2, -0.15) is 0 Å². The van der Waals surface area contributed by atoms with Crippen LogP contribution in [-0.2, 0) is 11.2 Å². The van der Waals surface area contributed by atoms with Crippen LogP contribution in [0.5, 0.6) is 0 Å². The smallest absolute Gasteiger partial charge is 0.338 e. The molecule has 0 aromatic heterocycles. The summed E-state index contributed by atoms with van der Waals surface area (Å²) in [5.41, 5.74) is 3.85. The molecule has 0 N–H and O–H groups in total. The zero-order valence-electron chi connectivity index (χ0n) is 9.68. The van der Waals surface area contributed by atoms with Crippen LogP contribution in [0.4, 0.5) is 0 Å². The largest absolute Gasteiger partial charge is 0.456 e. The molecule has 0 spiro atoms. The van der Waals surface area contributed by atoms with Crippen molar-refractivity contribution in [1.29, 1.82) is 0 Å². The van der Waals surface area contributed by atoms with Gasteiger partial charge in [-0.15, -0.1) is 0 Å². The molecule has 0 bridgehead atoms. The normalized spacial score (nSPS) is 18.3. The van der Waals surface area contributed by atoms with Crippen LogP contribution >= 0.6 is 0 Å². The molecule has 0 atom stereocenters. The summed E-state index contributed by atoms with van der Waals surface area (Å²) >= 11 is 0. The number of aryl methyl sites for hydroxylation is 2. The van der Waals surface area contributed by atoms with Crippen molar-refractivity contribution in [3.63, 3.8) is 0 Å². The van der Waals surface area contributed by atoms with Crippen LogP contribution in [0.2, 0.25) is 0 Å². The van der Waals surface area contributed by atoms with Crippen molar-refractivity contribution < 1.29 is 9.53 Å². The number of hydrogen-bond donors (Lipinski definition) is 0. The average molecular weight is 204 g/mol. The minimum atomic E-state index is -0.369. The minimum absolute atomic E-state index is 0.190. The van der Waals surface area contributed by atoms with Gasteiger partial charge >= 0.3 is 5.97 Å². The van der Waals surface area contributed by atoms with Crippen LogP contribution in [0.25, 0.3) is 0 Å². The summed E-state index contributed by atoms with van der Waals surface area (Å²) in [6, 6.07) is 4.04. The predicted molar refractivity (Wildman–Crippen MR) is 59.1 cm³/mol. The monoisotopic (exact) mass is 204 g/mol. The summed E-state index contributed by atoms with van der Waals surface area (Å²) in [5, 5.41) is 0. The molecule has 1 aliphatic heterocycles. The van der Waals surface area contributed by atoms with Crippen molar-refractivity contribution >= 4 is 5.97 Å². The van der Waals surface area contributed by atoms with E-state index in [1.165, 1.54) is 5.56 Å². The molecular weight excluding hydrogens is 188 g/mol. The number of fused-ring (bicyclic) bond motifs is 1. The van der Waals surface area contributed by atoms with E-state index in [4.69, 9.17) is 4.74 Å². The maximum absolute atomic E-state index is 11.7. The van der Waals surface area contributed by atoms with Gasteiger partial charge in [-0.3, -0.25) is 0 Å². The van der Waals surface area contributed by atoms with Crippen molar-refractivity contribution in [3.05, 3.63) is 34.4 Å². The summed E-state index contributed by atoms with van der Waals surface area (Å²) in [4.78, 5) is 11.7. The van der Waals surface area contributed by atoms with Crippen molar-refractivity contribution in [2.75, 3.05) is 0 Å². The molecule has 0 unspecified atom stereocenters. The van der Waals surface area contributed by atoms with Gasteiger partial charge in [0.2, 0.25) is 0 Å². The number of rotatable bonds is 0. The summed E-state index contributed by atoms with van der Waals surface area (Å²) in [7, 11) is 0. The quantitative estimate of drug-likeness (QED) is 0.607. The molecule has 0 saturated carbocycles. The Morgan fingerprint density at radius 2 is 1.80 bits per heavy atom. The van der Waals surface area contributed by atoms with E-state index in [0.717, 1.165) is 23.1 Å². The Hall–Kier alpha value is -1.31. The van der Waals surface area contributed by atoms with Gasteiger partial charge in [-0.05, 0) is 50.5 Å². The Balaban J connectivity index is 2.56. The van der Waals surface area contributed by atoms with Crippen LogP contribution in [0, 0.1) is 13.8 Å². The molecule has 80 valence electrons.